The van der Waals surface area contributed by atoms with Crippen molar-refractivity contribution in [1.82, 2.24) is 5.32 Å². The summed E-state index contributed by atoms with van der Waals surface area (Å²) in [5, 5.41) is 2.96. The fraction of sp³-hybridized carbons (Fsp3) is 0.909. The number of amides is 1. The normalized spacial score (nSPS) is 24.6. The zero-order valence-electron chi connectivity index (χ0n) is 9.91. The van der Waals surface area contributed by atoms with Crippen molar-refractivity contribution >= 4 is 18.3 Å². The summed E-state index contributed by atoms with van der Waals surface area (Å²) < 4.78 is 5.17. The van der Waals surface area contributed by atoms with Gasteiger partial charge in [0.25, 0.3) is 0 Å². The van der Waals surface area contributed by atoms with E-state index in [0.717, 1.165) is 32.1 Å². The highest BCUT2D eigenvalue weighted by Gasteiger charge is 2.20. The zero-order chi connectivity index (χ0) is 11.1. The molecule has 1 aliphatic carbocycles. The van der Waals surface area contributed by atoms with Gasteiger partial charge in [-0.25, -0.2) is 0 Å². The summed E-state index contributed by atoms with van der Waals surface area (Å²) in [5.74, 6) is -0.0115. The Bertz CT molecular complexity index is 202. The molecule has 1 fully saturated rings. The lowest BCUT2D eigenvalue weighted by Crippen LogP contribution is -2.43. The van der Waals surface area contributed by atoms with Gasteiger partial charge in [-0.15, -0.1) is 12.4 Å². The largest absolute Gasteiger partial charge is 0.372 e. The summed E-state index contributed by atoms with van der Waals surface area (Å²) in [6.07, 6.45) is 5.09. The molecule has 1 rings (SSSR count). The molecule has 4 nitrogen and oxygen atoms in total. The standard InChI is InChI=1S/C11H22N2O2.ClH/c1-2-6-15-8-11(14)13-10-5-3-4-9(12)7-10;/h9-10H,2-8,12H2,1H3,(H,13,14);1H. The van der Waals surface area contributed by atoms with Gasteiger partial charge in [0.05, 0.1) is 0 Å². The molecule has 96 valence electrons. The molecule has 0 radical (unpaired) electrons. The molecule has 0 aromatic carbocycles. The van der Waals surface area contributed by atoms with Crippen LogP contribution in [0.1, 0.15) is 39.0 Å². The van der Waals surface area contributed by atoms with Gasteiger partial charge in [0.1, 0.15) is 6.61 Å². The van der Waals surface area contributed by atoms with Crippen LogP contribution in [-0.2, 0) is 9.53 Å². The van der Waals surface area contributed by atoms with Gasteiger partial charge in [-0.2, -0.15) is 0 Å². The van der Waals surface area contributed by atoms with Gasteiger partial charge in [0, 0.05) is 18.7 Å². The Morgan fingerprint density at radius 3 is 2.88 bits per heavy atom. The molecule has 1 amide bonds. The average Bonchev–Trinajstić information content (AvgIpc) is 2.18. The highest BCUT2D eigenvalue weighted by atomic mass is 35.5. The minimum Gasteiger partial charge on any atom is -0.372 e. The third-order valence-electron chi connectivity index (χ3n) is 2.66. The maximum Gasteiger partial charge on any atom is 0.246 e. The molecule has 1 aliphatic rings. The fourth-order valence-electron chi connectivity index (χ4n) is 1.94. The Morgan fingerprint density at radius 1 is 1.50 bits per heavy atom. The molecule has 0 spiro atoms. The van der Waals surface area contributed by atoms with E-state index in [-0.39, 0.29) is 37.0 Å². The van der Waals surface area contributed by atoms with Crippen LogP contribution in [0, 0.1) is 0 Å². The number of hydrogen-bond acceptors (Lipinski definition) is 3. The molecule has 0 aromatic rings. The lowest BCUT2D eigenvalue weighted by molar-refractivity contribution is -0.126. The van der Waals surface area contributed by atoms with Gasteiger partial charge < -0.3 is 15.8 Å². The van der Waals surface area contributed by atoms with Crippen molar-refractivity contribution in [2.45, 2.75) is 51.1 Å². The number of carbonyl (C=O) groups is 1. The Balaban J connectivity index is 0.00000225. The topological polar surface area (TPSA) is 64.3 Å². The van der Waals surface area contributed by atoms with Gasteiger partial charge >= 0.3 is 0 Å². The van der Waals surface area contributed by atoms with Crippen LogP contribution >= 0.6 is 12.4 Å². The first kappa shape index (κ1) is 15.7. The average molecular weight is 251 g/mol. The van der Waals surface area contributed by atoms with Crippen molar-refractivity contribution in [3.63, 3.8) is 0 Å². The summed E-state index contributed by atoms with van der Waals surface area (Å²) >= 11 is 0. The van der Waals surface area contributed by atoms with Gasteiger partial charge in [-0.3, -0.25) is 4.79 Å². The molecule has 3 N–H and O–H groups in total. The summed E-state index contributed by atoms with van der Waals surface area (Å²) in [6, 6.07) is 0.507. The van der Waals surface area contributed by atoms with E-state index in [1.807, 2.05) is 6.92 Å². The Hall–Kier alpha value is -0.320. The second kappa shape index (κ2) is 8.79. The minimum absolute atomic E-state index is 0. The van der Waals surface area contributed by atoms with Gasteiger partial charge in [-0.05, 0) is 32.1 Å². The molecule has 0 aromatic heterocycles. The van der Waals surface area contributed by atoms with Crippen LogP contribution < -0.4 is 11.1 Å². The van der Waals surface area contributed by atoms with Crippen LogP contribution in [0.15, 0.2) is 0 Å². The van der Waals surface area contributed by atoms with E-state index in [1.54, 1.807) is 0 Å². The first-order valence-electron chi connectivity index (χ1n) is 5.85. The molecule has 2 atom stereocenters. The van der Waals surface area contributed by atoms with Crippen LogP contribution in [0.5, 0.6) is 0 Å². The molecule has 0 heterocycles. The SMILES string of the molecule is CCCOCC(=O)NC1CCCC(N)C1.Cl. The van der Waals surface area contributed by atoms with Crippen molar-refractivity contribution in [2.75, 3.05) is 13.2 Å². The number of rotatable bonds is 5. The summed E-state index contributed by atoms with van der Waals surface area (Å²) in [7, 11) is 0. The predicted octanol–water partition coefficient (Wildman–Crippen LogP) is 1.22. The summed E-state index contributed by atoms with van der Waals surface area (Å²) in [6.45, 7) is 2.86. The first-order valence-corrected chi connectivity index (χ1v) is 5.85. The Kier molecular flexibility index (Phi) is 8.61. The molecule has 0 aliphatic heterocycles. The van der Waals surface area contributed by atoms with Crippen LogP contribution in [0.2, 0.25) is 0 Å². The van der Waals surface area contributed by atoms with Gasteiger partial charge in [0.15, 0.2) is 0 Å². The lowest BCUT2D eigenvalue weighted by Gasteiger charge is -2.27. The molecule has 1 saturated carbocycles. The third-order valence-corrected chi connectivity index (χ3v) is 2.66. The molecule has 5 heteroatoms. The maximum absolute atomic E-state index is 11.4. The number of halogens is 1. The second-order valence-electron chi connectivity index (χ2n) is 4.24. The van der Waals surface area contributed by atoms with E-state index in [4.69, 9.17) is 10.5 Å². The highest BCUT2D eigenvalue weighted by molar-refractivity contribution is 5.85. The van der Waals surface area contributed by atoms with Crippen molar-refractivity contribution in [1.29, 1.82) is 0 Å². The highest BCUT2D eigenvalue weighted by Crippen LogP contribution is 2.16. The predicted molar refractivity (Wildman–Crippen MR) is 66.7 cm³/mol. The van der Waals surface area contributed by atoms with Crippen LogP contribution in [0.3, 0.4) is 0 Å². The molecular formula is C11H23ClN2O2. The number of hydrogen-bond donors (Lipinski definition) is 2. The number of carbonyl (C=O) groups excluding carboxylic acids is 1. The van der Waals surface area contributed by atoms with Gasteiger partial charge in [-0.1, -0.05) is 6.92 Å². The smallest absolute Gasteiger partial charge is 0.246 e. The molecule has 2 unspecified atom stereocenters. The molecule has 0 saturated heterocycles. The summed E-state index contributed by atoms with van der Waals surface area (Å²) in [4.78, 5) is 11.4. The van der Waals surface area contributed by atoms with Crippen molar-refractivity contribution in [3.8, 4) is 0 Å². The van der Waals surface area contributed by atoms with E-state index in [9.17, 15) is 4.79 Å². The van der Waals surface area contributed by atoms with E-state index >= 15 is 0 Å². The minimum atomic E-state index is -0.0115. The maximum atomic E-state index is 11.4. The van der Waals surface area contributed by atoms with E-state index < -0.39 is 0 Å². The second-order valence-corrected chi connectivity index (χ2v) is 4.24. The molecule has 16 heavy (non-hydrogen) atoms. The zero-order valence-corrected chi connectivity index (χ0v) is 10.7. The van der Waals surface area contributed by atoms with Crippen LogP contribution in [-0.4, -0.2) is 31.2 Å². The van der Waals surface area contributed by atoms with Crippen molar-refractivity contribution < 1.29 is 9.53 Å². The molecule has 0 bridgehead atoms. The van der Waals surface area contributed by atoms with E-state index in [0.29, 0.717) is 6.61 Å². The van der Waals surface area contributed by atoms with Crippen LogP contribution in [0.4, 0.5) is 0 Å². The fourth-order valence-corrected chi connectivity index (χ4v) is 1.94. The summed E-state index contributed by atoms with van der Waals surface area (Å²) in [5.41, 5.74) is 5.84. The third kappa shape index (κ3) is 6.30. The van der Waals surface area contributed by atoms with E-state index in [1.165, 1.54) is 0 Å². The van der Waals surface area contributed by atoms with Crippen molar-refractivity contribution in [3.05, 3.63) is 0 Å². The Morgan fingerprint density at radius 2 is 2.25 bits per heavy atom. The van der Waals surface area contributed by atoms with E-state index in [2.05, 4.69) is 5.32 Å². The monoisotopic (exact) mass is 250 g/mol. The Labute approximate surface area is 104 Å². The van der Waals surface area contributed by atoms with Crippen LogP contribution in [0.25, 0.3) is 0 Å². The van der Waals surface area contributed by atoms with Crippen molar-refractivity contribution in [2.24, 2.45) is 5.73 Å². The number of nitrogens with two attached hydrogens (primary N) is 1. The lowest BCUT2D eigenvalue weighted by atomic mass is 9.92. The number of nitrogens with one attached hydrogen (secondary N) is 1. The quantitative estimate of drug-likeness (QED) is 0.722. The van der Waals surface area contributed by atoms with Gasteiger partial charge in [0.2, 0.25) is 5.91 Å². The first-order chi connectivity index (χ1) is 7.22. The molecular weight excluding hydrogens is 228 g/mol. The number of ether oxygens (including phenoxy) is 1.